The molecule has 2 nitrogen and oxygen atoms in total. The molecule has 0 aromatic heterocycles. The third-order valence-electron chi connectivity index (χ3n) is 2.55. The minimum absolute atomic E-state index is 0.322. The summed E-state index contributed by atoms with van der Waals surface area (Å²) < 4.78 is 17.0. The standard InChI is InChI=1S/C14H11Cl2NO.C4H9F/c15-12-5-1-10(2-6-12)14(18-9-17)11-3-7-13(16)8-4-11;1-4(2,3)5/h1-9,14,17H;1-3H3. The van der Waals surface area contributed by atoms with Gasteiger partial charge in [0.05, 0.1) is 0 Å². The van der Waals surface area contributed by atoms with E-state index in [0.717, 1.165) is 17.5 Å². The van der Waals surface area contributed by atoms with Crippen molar-refractivity contribution in [2.45, 2.75) is 32.5 Å². The summed E-state index contributed by atoms with van der Waals surface area (Å²) in [6, 6.07) is 14.7. The molecule has 0 bridgehead atoms. The second-order valence-corrected chi connectivity index (χ2v) is 6.68. The zero-order chi connectivity index (χ0) is 17.5. The Balaban J connectivity index is 0.000000463. The number of hydrogen-bond acceptors (Lipinski definition) is 2. The third-order valence-corrected chi connectivity index (χ3v) is 3.05. The summed E-state index contributed by atoms with van der Waals surface area (Å²) in [5.41, 5.74) is 0.871. The highest BCUT2D eigenvalue weighted by Gasteiger charge is 2.14. The van der Waals surface area contributed by atoms with Gasteiger partial charge in [-0.3, -0.25) is 5.41 Å². The van der Waals surface area contributed by atoms with Crippen LogP contribution >= 0.6 is 23.2 Å². The Kier molecular flexibility index (Phi) is 7.53. The molecule has 0 radical (unpaired) electrons. The van der Waals surface area contributed by atoms with Crippen LogP contribution in [-0.4, -0.2) is 12.1 Å². The van der Waals surface area contributed by atoms with Gasteiger partial charge in [-0.05, 0) is 56.2 Å². The van der Waals surface area contributed by atoms with Crippen molar-refractivity contribution in [3.8, 4) is 0 Å². The van der Waals surface area contributed by atoms with E-state index in [4.69, 9.17) is 33.3 Å². The molecule has 23 heavy (non-hydrogen) atoms. The van der Waals surface area contributed by atoms with E-state index >= 15 is 0 Å². The van der Waals surface area contributed by atoms with Gasteiger partial charge in [0.15, 0.2) is 6.40 Å². The lowest BCUT2D eigenvalue weighted by Crippen LogP contribution is -2.04. The number of hydrogen-bond donors (Lipinski definition) is 1. The van der Waals surface area contributed by atoms with E-state index in [0.29, 0.717) is 10.0 Å². The van der Waals surface area contributed by atoms with Crippen LogP contribution in [0.5, 0.6) is 0 Å². The van der Waals surface area contributed by atoms with Crippen LogP contribution in [-0.2, 0) is 4.74 Å². The van der Waals surface area contributed by atoms with E-state index in [2.05, 4.69) is 0 Å². The minimum atomic E-state index is -1.00. The highest BCUT2D eigenvalue weighted by molar-refractivity contribution is 6.30. The molecule has 2 aromatic carbocycles. The van der Waals surface area contributed by atoms with Crippen LogP contribution in [0, 0.1) is 5.41 Å². The van der Waals surface area contributed by atoms with E-state index in [-0.39, 0.29) is 6.10 Å². The molecule has 2 rings (SSSR count). The van der Waals surface area contributed by atoms with Gasteiger partial charge in [-0.15, -0.1) is 0 Å². The third kappa shape index (κ3) is 8.00. The lowest BCUT2D eigenvalue weighted by atomic mass is 10.0. The first-order valence-electron chi connectivity index (χ1n) is 7.05. The van der Waals surface area contributed by atoms with Crippen molar-refractivity contribution >= 4 is 29.6 Å². The lowest BCUT2D eigenvalue weighted by molar-refractivity contribution is 0.244. The van der Waals surface area contributed by atoms with Crippen LogP contribution in [0.3, 0.4) is 0 Å². The number of alkyl halides is 1. The van der Waals surface area contributed by atoms with Gasteiger partial charge in [0, 0.05) is 10.0 Å². The summed E-state index contributed by atoms with van der Waals surface area (Å²) in [6.07, 6.45) is 0.616. The number of halogens is 3. The summed E-state index contributed by atoms with van der Waals surface area (Å²) in [5.74, 6) is 0. The molecule has 0 aliphatic heterocycles. The molecule has 1 N–H and O–H groups in total. The summed E-state index contributed by atoms with van der Waals surface area (Å²) in [7, 11) is 0. The molecule has 0 amide bonds. The molecule has 0 spiro atoms. The van der Waals surface area contributed by atoms with Crippen LogP contribution in [0.25, 0.3) is 0 Å². The summed E-state index contributed by atoms with van der Waals surface area (Å²) in [6.45, 7) is 4.56. The first kappa shape index (κ1) is 19.5. The maximum Gasteiger partial charge on any atom is 0.168 e. The van der Waals surface area contributed by atoms with E-state index in [1.165, 1.54) is 20.8 Å². The molecule has 2 aromatic rings. The van der Waals surface area contributed by atoms with Crippen molar-refractivity contribution in [3.63, 3.8) is 0 Å². The number of nitrogens with one attached hydrogen (secondary N) is 1. The largest absolute Gasteiger partial charge is 0.471 e. The van der Waals surface area contributed by atoms with E-state index < -0.39 is 5.67 Å². The zero-order valence-electron chi connectivity index (χ0n) is 13.3. The maximum absolute atomic E-state index is 11.7. The van der Waals surface area contributed by atoms with Crippen molar-refractivity contribution in [2.24, 2.45) is 0 Å². The maximum atomic E-state index is 11.7. The Labute approximate surface area is 146 Å². The van der Waals surface area contributed by atoms with Crippen molar-refractivity contribution in [1.29, 1.82) is 5.41 Å². The van der Waals surface area contributed by atoms with Gasteiger partial charge in [0.2, 0.25) is 0 Å². The fraction of sp³-hybridized carbons (Fsp3) is 0.278. The van der Waals surface area contributed by atoms with Gasteiger partial charge in [-0.1, -0.05) is 47.5 Å². The van der Waals surface area contributed by atoms with E-state index in [1.807, 2.05) is 24.3 Å². The van der Waals surface area contributed by atoms with Crippen molar-refractivity contribution in [3.05, 3.63) is 69.7 Å². The zero-order valence-corrected chi connectivity index (χ0v) is 14.8. The fourth-order valence-corrected chi connectivity index (χ4v) is 1.94. The van der Waals surface area contributed by atoms with Crippen LogP contribution in [0.15, 0.2) is 48.5 Å². The Morgan fingerprint density at radius 2 is 1.22 bits per heavy atom. The van der Waals surface area contributed by atoms with Crippen LogP contribution < -0.4 is 0 Å². The molecule has 0 fully saturated rings. The van der Waals surface area contributed by atoms with Gasteiger partial charge >= 0.3 is 0 Å². The Morgan fingerprint density at radius 3 is 1.48 bits per heavy atom. The SMILES string of the molecule is CC(C)(C)F.N=COC(c1ccc(Cl)cc1)c1ccc(Cl)cc1. The van der Waals surface area contributed by atoms with Gasteiger partial charge < -0.3 is 4.74 Å². The van der Waals surface area contributed by atoms with Gasteiger partial charge in [0.25, 0.3) is 0 Å². The number of benzene rings is 2. The van der Waals surface area contributed by atoms with Crippen LogP contribution in [0.1, 0.15) is 38.0 Å². The minimum Gasteiger partial charge on any atom is -0.471 e. The predicted octanol–water partition coefficient (Wildman–Crippen LogP) is 6.46. The average Bonchev–Trinajstić information content (AvgIpc) is 2.45. The summed E-state index contributed by atoms with van der Waals surface area (Å²) in [5, 5.41) is 8.46. The quantitative estimate of drug-likeness (QED) is 0.495. The van der Waals surface area contributed by atoms with Crippen molar-refractivity contribution < 1.29 is 9.13 Å². The normalized spacial score (nSPS) is 10.7. The molecule has 0 unspecified atom stereocenters. The molecule has 0 saturated heterocycles. The predicted molar refractivity (Wildman–Crippen MR) is 95.5 cm³/mol. The monoisotopic (exact) mass is 355 g/mol. The average molecular weight is 356 g/mol. The first-order valence-corrected chi connectivity index (χ1v) is 7.80. The molecular formula is C18H20Cl2FNO. The molecule has 124 valence electrons. The topological polar surface area (TPSA) is 33.1 Å². The van der Waals surface area contributed by atoms with Gasteiger partial charge in [-0.25, -0.2) is 4.39 Å². The van der Waals surface area contributed by atoms with E-state index in [9.17, 15) is 4.39 Å². The lowest BCUT2D eigenvalue weighted by Gasteiger charge is -2.17. The highest BCUT2D eigenvalue weighted by Crippen LogP contribution is 2.27. The number of rotatable bonds is 4. The van der Waals surface area contributed by atoms with Crippen molar-refractivity contribution in [2.75, 3.05) is 0 Å². The second kappa shape index (κ2) is 8.90. The first-order chi connectivity index (χ1) is 10.7. The Morgan fingerprint density at radius 1 is 0.913 bits per heavy atom. The van der Waals surface area contributed by atoms with Crippen molar-refractivity contribution in [1.82, 2.24) is 0 Å². The molecule has 0 heterocycles. The van der Waals surface area contributed by atoms with Gasteiger partial charge in [0.1, 0.15) is 11.8 Å². The van der Waals surface area contributed by atoms with Gasteiger partial charge in [-0.2, -0.15) is 0 Å². The summed E-state index contributed by atoms with van der Waals surface area (Å²) in [4.78, 5) is 0. The molecule has 5 heteroatoms. The molecule has 0 aliphatic carbocycles. The smallest absolute Gasteiger partial charge is 0.168 e. The number of ether oxygens (including phenoxy) is 1. The fourth-order valence-electron chi connectivity index (χ4n) is 1.69. The Hall–Kier alpha value is -1.58. The van der Waals surface area contributed by atoms with E-state index in [1.54, 1.807) is 24.3 Å². The summed E-state index contributed by atoms with van der Waals surface area (Å²) >= 11 is 11.7. The Bertz CT molecular complexity index is 555. The molecule has 0 aliphatic rings. The van der Waals surface area contributed by atoms with Crippen LogP contribution in [0.2, 0.25) is 10.0 Å². The molecular weight excluding hydrogens is 336 g/mol. The molecule has 0 atom stereocenters. The second-order valence-electron chi connectivity index (χ2n) is 5.80. The highest BCUT2D eigenvalue weighted by atomic mass is 35.5. The molecule has 0 saturated carbocycles. The van der Waals surface area contributed by atoms with Crippen LogP contribution in [0.4, 0.5) is 4.39 Å².